The number of rotatable bonds is 5. The fraction of sp³-hybridized carbons (Fsp3) is 0.407. The molecule has 2 heterocycles. The van der Waals surface area contributed by atoms with Gasteiger partial charge in [0, 0.05) is 34.2 Å². The van der Waals surface area contributed by atoms with E-state index in [9.17, 15) is 9.59 Å². The van der Waals surface area contributed by atoms with Gasteiger partial charge in [-0.25, -0.2) is 4.79 Å². The van der Waals surface area contributed by atoms with E-state index in [1.807, 2.05) is 48.7 Å². The van der Waals surface area contributed by atoms with Crippen LogP contribution in [0.15, 0.2) is 64.3 Å². The molecule has 172 valence electrons. The minimum Gasteiger partial charge on any atom is -0.496 e. The summed E-state index contributed by atoms with van der Waals surface area (Å²) >= 11 is 1.58. The number of carbonyl (C=O) groups excluding carboxylic acids is 2. The van der Waals surface area contributed by atoms with Crippen LogP contribution in [0.1, 0.15) is 67.7 Å². The molecule has 3 aliphatic rings. The maximum absolute atomic E-state index is 13.6. The number of ether oxygens (including phenoxy) is 2. The predicted molar refractivity (Wildman–Crippen MR) is 128 cm³/mol. The summed E-state index contributed by atoms with van der Waals surface area (Å²) in [6.07, 6.45) is 5.11. The Morgan fingerprint density at radius 2 is 1.88 bits per heavy atom. The molecule has 5 nitrogen and oxygen atoms in total. The number of methoxy groups -OCH3 is 1. The van der Waals surface area contributed by atoms with Crippen LogP contribution in [0.3, 0.4) is 0 Å². The number of carbonyl (C=O) groups is 2. The Kier molecular flexibility index (Phi) is 6.11. The van der Waals surface area contributed by atoms with Crippen LogP contribution in [0.2, 0.25) is 0 Å². The van der Waals surface area contributed by atoms with Crippen molar-refractivity contribution in [1.29, 1.82) is 0 Å². The maximum atomic E-state index is 13.6. The predicted octanol–water partition coefficient (Wildman–Crippen LogP) is 5.60. The Morgan fingerprint density at radius 3 is 2.61 bits per heavy atom. The lowest BCUT2D eigenvalue weighted by molar-refractivity contribution is -0.144. The molecule has 0 unspecified atom stereocenters. The third-order valence-electron chi connectivity index (χ3n) is 7.03. The molecule has 0 radical (unpaired) electrons. The largest absolute Gasteiger partial charge is 0.496 e. The van der Waals surface area contributed by atoms with Crippen molar-refractivity contribution < 1.29 is 19.1 Å². The SMILES string of the molecule is COc1ccccc1[C@H]1CC(=O)C2=C(C1)NC(C)=C(C(=O)OC1CCCC1)[C@H]2c1cccs1. The Hall–Kier alpha value is -2.86. The molecule has 2 aromatic rings. The van der Waals surface area contributed by atoms with Gasteiger partial charge in [0.2, 0.25) is 0 Å². The summed E-state index contributed by atoms with van der Waals surface area (Å²) in [5, 5.41) is 5.43. The van der Waals surface area contributed by atoms with Crippen molar-refractivity contribution in [3.05, 3.63) is 74.8 Å². The normalized spacial score (nSPS) is 23.4. The molecule has 0 saturated heterocycles. The molecule has 5 rings (SSSR count). The molecule has 33 heavy (non-hydrogen) atoms. The van der Waals surface area contributed by atoms with E-state index in [2.05, 4.69) is 5.32 Å². The van der Waals surface area contributed by atoms with Crippen molar-refractivity contribution in [3.8, 4) is 5.75 Å². The first kappa shape index (κ1) is 22.0. The van der Waals surface area contributed by atoms with Crippen LogP contribution in [0, 0.1) is 0 Å². The van der Waals surface area contributed by atoms with Gasteiger partial charge in [0.05, 0.1) is 18.6 Å². The fourth-order valence-corrected chi connectivity index (χ4v) is 6.34. The highest BCUT2D eigenvalue weighted by Gasteiger charge is 2.42. The average Bonchev–Trinajstić information content (AvgIpc) is 3.52. The molecule has 2 aliphatic carbocycles. The van der Waals surface area contributed by atoms with Gasteiger partial charge in [0.1, 0.15) is 11.9 Å². The monoisotopic (exact) mass is 463 g/mol. The van der Waals surface area contributed by atoms with Gasteiger partial charge in [-0.2, -0.15) is 0 Å². The van der Waals surface area contributed by atoms with E-state index in [4.69, 9.17) is 9.47 Å². The number of esters is 1. The second kappa shape index (κ2) is 9.18. The maximum Gasteiger partial charge on any atom is 0.337 e. The number of thiophene rings is 1. The van der Waals surface area contributed by atoms with Crippen LogP contribution in [0.5, 0.6) is 5.75 Å². The molecule has 0 spiro atoms. The summed E-state index contributed by atoms with van der Waals surface area (Å²) in [6.45, 7) is 1.92. The van der Waals surface area contributed by atoms with E-state index >= 15 is 0 Å². The van der Waals surface area contributed by atoms with E-state index < -0.39 is 0 Å². The Bertz CT molecular complexity index is 1120. The lowest BCUT2D eigenvalue weighted by Gasteiger charge is -2.36. The molecular formula is C27H29NO4S. The lowest BCUT2D eigenvalue weighted by Crippen LogP contribution is -2.36. The van der Waals surface area contributed by atoms with Gasteiger partial charge < -0.3 is 14.8 Å². The van der Waals surface area contributed by atoms with E-state index in [0.717, 1.165) is 53.3 Å². The number of allylic oxidation sites excluding steroid dienone is 3. The summed E-state index contributed by atoms with van der Waals surface area (Å²) in [6, 6.07) is 11.9. The molecular weight excluding hydrogens is 434 g/mol. The Balaban J connectivity index is 1.51. The number of hydrogen-bond acceptors (Lipinski definition) is 6. The summed E-state index contributed by atoms with van der Waals surface area (Å²) < 4.78 is 11.5. The Labute approximate surface area is 198 Å². The van der Waals surface area contributed by atoms with Crippen LogP contribution in [-0.4, -0.2) is 25.0 Å². The van der Waals surface area contributed by atoms with Gasteiger partial charge in [0.15, 0.2) is 5.78 Å². The first-order chi connectivity index (χ1) is 16.1. The lowest BCUT2D eigenvalue weighted by atomic mass is 9.73. The molecule has 6 heteroatoms. The fourth-order valence-electron chi connectivity index (χ4n) is 5.49. The third kappa shape index (κ3) is 4.12. The van der Waals surface area contributed by atoms with Crippen LogP contribution >= 0.6 is 11.3 Å². The van der Waals surface area contributed by atoms with Crippen LogP contribution < -0.4 is 10.1 Å². The van der Waals surface area contributed by atoms with E-state index in [0.29, 0.717) is 24.0 Å². The highest BCUT2D eigenvalue weighted by atomic mass is 32.1. The number of dihydropyridines is 1. The molecule has 1 aliphatic heterocycles. The summed E-state index contributed by atoms with van der Waals surface area (Å²) in [5.74, 6) is 0.247. The Morgan fingerprint density at radius 1 is 1.09 bits per heavy atom. The highest BCUT2D eigenvalue weighted by molar-refractivity contribution is 7.10. The van der Waals surface area contributed by atoms with E-state index in [1.165, 1.54) is 0 Å². The third-order valence-corrected chi connectivity index (χ3v) is 7.97. The van der Waals surface area contributed by atoms with Crippen molar-refractivity contribution in [3.63, 3.8) is 0 Å². The van der Waals surface area contributed by atoms with Gasteiger partial charge in [-0.05, 0) is 62.1 Å². The van der Waals surface area contributed by atoms with Gasteiger partial charge in [0.25, 0.3) is 0 Å². The number of hydrogen-bond donors (Lipinski definition) is 1. The van der Waals surface area contributed by atoms with Crippen LogP contribution in [-0.2, 0) is 14.3 Å². The zero-order valence-corrected chi connectivity index (χ0v) is 19.9. The number of para-hydroxylation sites is 1. The second-order valence-corrected chi connectivity index (χ2v) is 10.1. The number of benzene rings is 1. The number of Topliss-reactive ketones (excluding diaryl/α,β-unsaturated/α-hetero) is 1. The molecule has 1 N–H and O–H groups in total. The molecule has 1 aromatic heterocycles. The second-order valence-electron chi connectivity index (χ2n) is 9.09. The van der Waals surface area contributed by atoms with Gasteiger partial charge in [-0.3, -0.25) is 4.79 Å². The van der Waals surface area contributed by atoms with Gasteiger partial charge in [-0.1, -0.05) is 24.3 Å². The number of ketones is 1. The molecule has 1 saturated carbocycles. The first-order valence-corrected chi connectivity index (χ1v) is 12.6. The van der Waals surface area contributed by atoms with Crippen LogP contribution in [0.25, 0.3) is 0 Å². The molecule has 0 bridgehead atoms. The van der Waals surface area contributed by atoms with Crippen molar-refractivity contribution >= 4 is 23.1 Å². The smallest absolute Gasteiger partial charge is 0.337 e. The molecule has 2 atom stereocenters. The topological polar surface area (TPSA) is 64.6 Å². The van der Waals surface area contributed by atoms with Gasteiger partial charge in [-0.15, -0.1) is 11.3 Å². The first-order valence-electron chi connectivity index (χ1n) is 11.7. The number of nitrogens with one attached hydrogen (secondary N) is 1. The van der Waals surface area contributed by atoms with Crippen LogP contribution in [0.4, 0.5) is 0 Å². The molecule has 0 amide bonds. The average molecular weight is 464 g/mol. The zero-order chi connectivity index (χ0) is 22.9. The van der Waals surface area contributed by atoms with Crippen molar-refractivity contribution in [2.75, 3.05) is 7.11 Å². The van der Waals surface area contributed by atoms with Crippen molar-refractivity contribution in [2.24, 2.45) is 0 Å². The quantitative estimate of drug-likeness (QED) is 0.585. The van der Waals surface area contributed by atoms with Crippen molar-refractivity contribution in [1.82, 2.24) is 5.32 Å². The van der Waals surface area contributed by atoms with Gasteiger partial charge >= 0.3 is 5.97 Å². The summed E-state index contributed by atoms with van der Waals surface area (Å²) in [7, 11) is 1.66. The highest BCUT2D eigenvalue weighted by Crippen LogP contribution is 2.47. The minimum atomic E-state index is -0.374. The molecule has 1 fully saturated rings. The summed E-state index contributed by atoms with van der Waals surface area (Å²) in [5.41, 5.74) is 4.03. The molecule has 1 aromatic carbocycles. The standard InChI is InChI=1S/C27H29NO4S/c1-16-24(27(30)32-18-8-3-4-9-18)26(23-12-7-13-33-23)25-20(28-16)14-17(15-21(25)29)19-10-5-6-11-22(19)31-2/h5-7,10-13,17-18,26,28H,3-4,8-9,14-15H2,1-2H3/t17-,26-/m1/s1. The minimum absolute atomic E-state index is 0.0193. The van der Waals surface area contributed by atoms with E-state index in [-0.39, 0.29) is 29.7 Å². The van der Waals surface area contributed by atoms with Crippen molar-refractivity contribution in [2.45, 2.75) is 63.4 Å². The zero-order valence-electron chi connectivity index (χ0n) is 19.1. The van der Waals surface area contributed by atoms with E-state index in [1.54, 1.807) is 18.4 Å². The summed E-state index contributed by atoms with van der Waals surface area (Å²) in [4.78, 5) is 28.0.